The van der Waals surface area contributed by atoms with Gasteiger partial charge in [-0.2, -0.15) is 0 Å². The number of anilines is 1. The summed E-state index contributed by atoms with van der Waals surface area (Å²) < 4.78 is 0. The van der Waals surface area contributed by atoms with Crippen LogP contribution in [0.2, 0.25) is 0 Å². The number of hydrogen-bond donors (Lipinski definition) is 2. The fourth-order valence-corrected chi connectivity index (χ4v) is 1.40. The van der Waals surface area contributed by atoms with Crippen molar-refractivity contribution in [1.82, 2.24) is 10.3 Å². The van der Waals surface area contributed by atoms with Gasteiger partial charge in [0.25, 0.3) is 5.91 Å². The molecule has 0 bridgehead atoms. The molecule has 4 heteroatoms. The fourth-order valence-electron chi connectivity index (χ4n) is 1.40. The zero-order chi connectivity index (χ0) is 11.3. The second kappa shape index (κ2) is 5.34. The molecule has 1 heterocycles. The number of carbonyl (C=O) groups is 1. The van der Waals surface area contributed by atoms with E-state index in [1.54, 1.807) is 12.1 Å². The third kappa shape index (κ3) is 3.58. The van der Waals surface area contributed by atoms with Crippen LogP contribution in [0.4, 0.5) is 5.82 Å². The number of aromatic nitrogens is 1. The Kier molecular flexibility index (Phi) is 4.09. The molecule has 0 aliphatic rings. The van der Waals surface area contributed by atoms with E-state index >= 15 is 0 Å². The third-order valence-electron chi connectivity index (χ3n) is 2.14. The van der Waals surface area contributed by atoms with Crippen LogP contribution in [0.25, 0.3) is 0 Å². The van der Waals surface area contributed by atoms with Crippen molar-refractivity contribution in [1.29, 1.82) is 0 Å². The van der Waals surface area contributed by atoms with Gasteiger partial charge in [-0.15, -0.1) is 0 Å². The van der Waals surface area contributed by atoms with Crippen molar-refractivity contribution in [2.24, 2.45) is 0 Å². The number of nitrogens with zero attached hydrogens (tertiary/aromatic N) is 1. The van der Waals surface area contributed by atoms with Gasteiger partial charge in [-0.3, -0.25) is 4.79 Å². The second-order valence-electron chi connectivity index (χ2n) is 3.63. The van der Waals surface area contributed by atoms with E-state index in [0.717, 1.165) is 12.8 Å². The molecule has 3 N–H and O–H groups in total. The molecule has 0 fully saturated rings. The van der Waals surface area contributed by atoms with Crippen LogP contribution in [0.1, 0.15) is 37.0 Å². The van der Waals surface area contributed by atoms with Crippen LogP contribution in [-0.2, 0) is 0 Å². The van der Waals surface area contributed by atoms with Gasteiger partial charge in [0.2, 0.25) is 0 Å². The molecule has 1 aromatic rings. The Bertz CT molecular complexity index is 338. The van der Waals surface area contributed by atoms with E-state index in [9.17, 15) is 4.79 Å². The first kappa shape index (κ1) is 11.5. The molecule has 0 aliphatic heterocycles. The highest BCUT2D eigenvalue weighted by Gasteiger charge is 2.08. The molecule has 4 nitrogen and oxygen atoms in total. The largest absolute Gasteiger partial charge is 0.384 e. The summed E-state index contributed by atoms with van der Waals surface area (Å²) in [6, 6.07) is 3.43. The molecular formula is C11H17N3O. The highest BCUT2D eigenvalue weighted by atomic mass is 16.1. The van der Waals surface area contributed by atoms with Crippen molar-refractivity contribution in [3.63, 3.8) is 0 Å². The first-order valence-corrected chi connectivity index (χ1v) is 5.16. The molecule has 1 amide bonds. The molecule has 82 valence electrons. The van der Waals surface area contributed by atoms with Crippen LogP contribution in [0.15, 0.2) is 18.3 Å². The van der Waals surface area contributed by atoms with Gasteiger partial charge in [-0.05, 0) is 25.5 Å². The molecule has 1 rings (SSSR count). The lowest BCUT2D eigenvalue weighted by Crippen LogP contribution is -2.32. The Labute approximate surface area is 89.9 Å². The maximum atomic E-state index is 11.7. The summed E-state index contributed by atoms with van der Waals surface area (Å²) in [7, 11) is 0. The molecular weight excluding hydrogens is 190 g/mol. The quantitative estimate of drug-likeness (QED) is 0.787. The first-order valence-electron chi connectivity index (χ1n) is 5.16. The second-order valence-corrected chi connectivity index (χ2v) is 3.63. The smallest absolute Gasteiger partial charge is 0.251 e. The number of nitrogen functional groups attached to an aromatic ring is 1. The van der Waals surface area contributed by atoms with Gasteiger partial charge in [0.1, 0.15) is 5.82 Å². The van der Waals surface area contributed by atoms with Crippen molar-refractivity contribution in [3.05, 3.63) is 23.9 Å². The lowest BCUT2D eigenvalue weighted by atomic mass is 10.1. The molecule has 1 aromatic heterocycles. The highest BCUT2D eigenvalue weighted by molar-refractivity contribution is 5.94. The topological polar surface area (TPSA) is 68.0 Å². The zero-order valence-electron chi connectivity index (χ0n) is 9.16. The Morgan fingerprint density at radius 3 is 3.00 bits per heavy atom. The minimum Gasteiger partial charge on any atom is -0.384 e. The molecule has 0 aromatic carbocycles. The summed E-state index contributed by atoms with van der Waals surface area (Å²) >= 11 is 0. The number of hydrogen-bond acceptors (Lipinski definition) is 3. The van der Waals surface area contributed by atoms with Gasteiger partial charge in [0.15, 0.2) is 0 Å². The van der Waals surface area contributed by atoms with Gasteiger partial charge < -0.3 is 11.1 Å². The molecule has 0 radical (unpaired) electrons. The standard InChI is InChI=1S/C11H17N3O/c1-3-4-8(2)14-11(15)9-5-6-13-10(12)7-9/h5-8H,3-4H2,1-2H3,(H2,12,13)(H,14,15). The summed E-state index contributed by atoms with van der Waals surface area (Å²) in [6.07, 6.45) is 3.57. The van der Waals surface area contributed by atoms with Crippen LogP contribution in [-0.4, -0.2) is 16.9 Å². The number of amides is 1. The van der Waals surface area contributed by atoms with E-state index in [4.69, 9.17) is 5.73 Å². The maximum Gasteiger partial charge on any atom is 0.251 e. The number of nitrogens with one attached hydrogen (secondary N) is 1. The van der Waals surface area contributed by atoms with Gasteiger partial charge in [-0.1, -0.05) is 13.3 Å². The summed E-state index contributed by atoms with van der Waals surface area (Å²) in [5.74, 6) is 0.274. The highest BCUT2D eigenvalue weighted by Crippen LogP contribution is 2.04. The average molecular weight is 207 g/mol. The van der Waals surface area contributed by atoms with E-state index in [-0.39, 0.29) is 11.9 Å². The van der Waals surface area contributed by atoms with E-state index in [2.05, 4.69) is 17.2 Å². The van der Waals surface area contributed by atoms with Crippen LogP contribution in [0.3, 0.4) is 0 Å². The molecule has 0 aliphatic carbocycles. The number of carbonyl (C=O) groups excluding carboxylic acids is 1. The van der Waals surface area contributed by atoms with Crippen molar-refractivity contribution in [2.75, 3.05) is 5.73 Å². The Hall–Kier alpha value is -1.58. The normalized spacial score (nSPS) is 12.1. The zero-order valence-corrected chi connectivity index (χ0v) is 9.16. The molecule has 0 saturated heterocycles. The van der Waals surface area contributed by atoms with Gasteiger partial charge >= 0.3 is 0 Å². The Morgan fingerprint density at radius 1 is 1.67 bits per heavy atom. The van der Waals surface area contributed by atoms with Crippen LogP contribution in [0.5, 0.6) is 0 Å². The predicted octanol–water partition coefficient (Wildman–Crippen LogP) is 1.58. The number of nitrogens with two attached hydrogens (primary N) is 1. The average Bonchev–Trinajstić information content (AvgIpc) is 2.18. The SMILES string of the molecule is CCCC(C)NC(=O)c1ccnc(N)c1. The van der Waals surface area contributed by atoms with Gasteiger partial charge in [0, 0.05) is 17.8 Å². The minimum atomic E-state index is -0.0925. The summed E-state index contributed by atoms with van der Waals surface area (Å²) in [6.45, 7) is 4.08. The molecule has 15 heavy (non-hydrogen) atoms. The predicted molar refractivity (Wildman–Crippen MR) is 60.5 cm³/mol. The molecule has 0 spiro atoms. The van der Waals surface area contributed by atoms with Gasteiger partial charge in [0.05, 0.1) is 0 Å². The number of rotatable bonds is 4. The van der Waals surface area contributed by atoms with E-state index in [0.29, 0.717) is 11.4 Å². The molecule has 1 unspecified atom stereocenters. The fraction of sp³-hybridized carbons (Fsp3) is 0.455. The summed E-state index contributed by atoms with van der Waals surface area (Å²) in [5.41, 5.74) is 6.06. The minimum absolute atomic E-state index is 0.0925. The van der Waals surface area contributed by atoms with E-state index in [1.165, 1.54) is 6.20 Å². The summed E-state index contributed by atoms with van der Waals surface area (Å²) in [4.78, 5) is 15.5. The molecule has 1 atom stereocenters. The first-order chi connectivity index (χ1) is 7.13. The van der Waals surface area contributed by atoms with Crippen molar-refractivity contribution in [3.8, 4) is 0 Å². The monoisotopic (exact) mass is 207 g/mol. The van der Waals surface area contributed by atoms with E-state index in [1.807, 2.05) is 6.92 Å². The van der Waals surface area contributed by atoms with Gasteiger partial charge in [-0.25, -0.2) is 4.98 Å². The van der Waals surface area contributed by atoms with E-state index < -0.39 is 0 Å². The lowest BCUT2D eigenvalue weighted by molar-refractivity contribution is 0.0938. The van der Waals surface area contributed by atoms with Crippen molar-refractivity contribution >= 4 is 11.7 Å². The summed E-state index contributed by atoms with van der Waals surface area (Å²) in [5, 5.41) is 2.90. The Balaban J connectivity index is 2.61. The molecule has 0 saturated carbocycles. The maximum absolute atomic E-state index is 11.7. The van der Waals surface area contributed by atoms with Crippen molar-refractivity contribution in [2.45, 2.75) is 32.7 Å². The third-order valence-corrected chi connectivity index (χ3v) is 2.14. The lowest BCUT2D eigenvalue weighted by Gasteiger charge is -2.12. The van der Waals surface area contributed by atoms with Crippen LogP contribution in [0, 0.1) is 0 Å². The Morgan fingerprint density at radius 2 is 2.40 bits per heavy atom. The van der Waals surface area contributed by atoms with Crippen LogP contribution < -0.4 is 11.1 Å². The van der Waals surface area contributed by atoms with Crippen LogP contribution >= 0.6 is 0 Å². The number of pyridine rings is 1. The van der Waals surface area contributed by atoms with Crippen molar-refractivity contribution < 1.29 is 4.79 Å².